The van der Waals surface area contributed by atoms with Crippen LogP contribution in [0.1, 0.15) is 27.6 Å². The molecule has 3 rings (SSSR count). The second kappa shape index (κ2) is 8.75. The Hall–Kier alpha value is -2.71. The lowest BCUT2D eigenvalue weighted by molar-refractivity contribution is -0.145. The number of benzene rings is 2. The number of amides is 1. The Kier molecular flexibility index (Phi) is 6.34. The molecule has 1 saturated heterocycles. The van der Waals surface area contributed by atoms with Crippen LogP contribution in [-0.2, 0) is 24.1 Å². The zero-order valence-electron chi connectivity index (χ0n) is 16.3. The molecule has 1 aliphatic heterocycles. The van der Waals surface area contributed by atoms with E-state index >= 15 is 0 Å². The fraction of sp³-hybridized carbons (Fsp3) is 0.333. The molecule has 2 aromatic carbocycles. The van der Waals surface area contributed by atoms with E-state index in [1.54, 1.807) is 48.2 Å². The minimum Gasteiger partial charge on any atom is -0.444 e. The van der Waals surface area contributed by atoms with Crippen LogP contribution in [0.3, 0.4) is 0 Å². The standard InChI is InChI=1S/C21H23NO6S/c1-15-8-9-17(29(2,25)26)14-18(15)21(24)28-19(16-6-4-3-5-7-16)20(23)22-10-12-27-13-11-22/h3-9,14,19H,10-13H2,1-2H3/t19-/m0/s1. The second-order valence-corrected chi connectivity index (χ2v) is 8.90. The first-order valence-electron chi connectivity index (χ1n) is 9.20. The number of nitrogens with zero attached hydrogens (tertiary/aromatic N) is 1. The van der Waals surface area contributed by atoms with Gasteiger partial charge in [-0.05, 0) is 24.6 Å². The molecule has 1 aliphatic rings. The smallest absolute Gasteiger partial charge is 0.339 e. The Morgan fingerprint density at radius 2 is 1.72 bits per heavy atom. The number of sulfone groups is 1. The molecule has 0 unspecified atom stereocenters. The quantitative estimate of drug-likeness (QED) is 0.693. The van der Waals surface area contributed by atoms with Crippen molar-refractivity contribution in [2.45, 2.75) is 17.9 Å². The Balaban J connectivity index is 1.92. The minimum absolute atomic E-state index is 0.0193. The maximum absolute atomic E-state index is 13.1. The number of hydrogen-bond acceptors (Lipinski definition) is 6. The summed E-state index contributed by atoms with van der Waals surface area (Å²) in [7, 11) is -3.49. The van der Waals surface area contributed by atoms with Crippen molar-refractivity contribution in [2.75, 3.05) is 32.6 Å². The van der Waals surface area contributed by atoms with E-state index in [0.29, 0.717) is 37.4 Å². The second-order valence-electron chi connectivity index (χ2n) is 6.88. The number of carbonyl (C=O) groups excluding carboxylic acids is 2. The summed E-state index contributed by atoms with van der Waals surface area (Å²) in [6.07, 6.45) is -0.0512. The normalized spacial score (nSPS) is 15.6. The summed E-state index contributed by atoms with van der Waals surface area (Å²) in [5, 5.41) is 0. The van der Waals surface area contributed by atoms with Crippen LogP contribution >= 0.6 is 0 Å². The lowest BCUT2D eigenvalue weighted by atomic mass is 10.1. The van der Waals surface area contributed by atoms with E-state index in [9.17, 15) is 18.0 Å². The van der Waals surface area contributed by atoms with E-state index in [1.165, 1.54) is 12.1 Å². The Bertz CT molecular complexity index is 997. The maximum atomic E-state index is 13.1. The molecule has 0 saturated carbocycles. The van der Waals surface area contributed by atoms with Gasteiger partial charge in [0, 0.05) is 24.9 Å². The average molecular weight is 417 g/mol. The molecule has 0 radical (unpaired) electrons. The van der Waals surface area contributed by atoms with Crippen molar-refractivity contribution in [1.29, 1.82) is 0 Å². The van der Waals surface area contributed by atoms with Crippen LogP contribution in [-0.4, -0.2) is 57.8 Å². The van der Waals surface area contributed by atoms with Gasteiger partial charge in [0.05, 0.1) is 23.7 Å². The summed E-state index contributed by atoms with van der Waals surface area (Å²) in [5.74, 6) is -1.08. The van der Waals surface area contributed by atoms with E-state index in [-0.39, 0.29) is 16.4 Å². The van der Waals surface area contributed by atoms with Gasteiger partial charge in [-0.3, -0.25) is 4.79 Å². The van der Waals surface area contributed by atoms with Gasteiger partial charge < -0.3 is 14.4 Å². The Morgan fingerprint density at radius 1 is 1.07 bits per heavy atom. The van der Waals surface area contributed by atoms with Crippen LogP contribution in [0.5, 0.6) is 0 Å². The molecule has 1 heterocycles. The molecule has 0 spiro atoms. The fourth-order valence-corrected chi connectivity index (χ4v) is 3.71. The van der Waals surface area contributed by atoms with Crippen molar-refractivity contribution in [3.05, 3.63) is 65.2 Å². The van der Waals surface area contributed by atoms with E-state index in [0.717, 1.165) is 6.26 Å². The third-order valence-electron chi connectivity index (χ3n) is 4.73. The SMILES string of the molecule is Cc1ccc(S(C)(=O)=O)cc1C(=O)O[C@H](C(=O)N1CCOCC1)c1ccccc1. The molecule has 2 aromatic rings. The maximum Gasteiger partial charge on any atom is 0.339 e. The largest absolute Gasteiger partial charge is 0.444 e. The first-order valence-corrected chi connectivity index (χ1v) is 11.1. The average Bonchev–Trinajstić information content (AvgIpc) is 2.72. The molecule has 1 atom stereocenters. The zero-order valence-corrected chi connectivity index (χ0v) is 17.1. The molecule has 0 aromatic heterocycles. The highest BCUT2D eigenvalue weighted by atomic mass is 32.2. The van der Waals surface area contributed by atoms with Crippen LogP contribution in [0, 0.1) is 6.92 Å². The van der Waals surface area contributed by atoms with Gasteiger partial charge in [-0.2, -0.15) is 0 Å². The summed E-state index contributed by atoms with van der Waals surface area (Å²) >= 11 is 0. The monoisotopic (exact) mass is 417 g/mol. The summed E-state index contributed by atoms with van der Waals surface area (Å²) in [5.41, 5.74) is 1.23. The van der Waals surface area contributed by atoms with Gasteiger partial charge in [-0.1, -0.05) is 36.4 Å². The van der Waals surface area contributed by atoms with Crippen LogP contribution in [0.25, 0.3) is 0 Å². The predicted octanol–water partition coefficient (Wildman–Crippen LogP) is 2.16. The van der Waals surface area contributed by atoms with Gasteiger partial charge in [-0.15, -0.1) is 0 Å². The molecular formula is C21H23NO6S. The molecule has 7 nitrogen and oxygen atoms in total. The highest BCUT2D eigenvalue weighted by Crippen LogP contribution is 2.24. The Labute approximate surface area is 170 Å². The summed E-state index contributed by atoms with van der Waals surface area (Å²) in [6, 6.07) is 13.0. The van der Waals surface area contributed by atoms with Crippen molar-refractivity contribution in [3.63, 3.8) is 0 Å². The summed E-state index contributed by atoms with van der Waals surface area (Å²) in [4.78, 5) is 27.6. The van der Waals surface area contributed by atoms with E-state index in [2.05, 4.69) is 0 Å². The van der Waals surface area contributed by atoms with Crippen LogP contribution < -0.4 is 0 Å². The number of carbonyl (C=O) groups is 2. The van der Waals surface area contributed by atoms with Crippen LogP contribution in [0.2, 0.25) is 0 Å². The lowest BCUT2D eigenvalue weighted by Crippen LogP contribution is -2.44. The molecule has 29 heavy (non-hydrogen) atoms. The topological polar surface area (TPSA) is 90.0 Å². The van der Waals surface area contributed by atoms with Crippen molar-refractivity contribution >= 4 is 21.7 Å². The highest BCUT2D eigenvalue weighted by Gasteiger charge is 2.31. The molecule has 154 valence electrons. The number of esters is 1. The third kappa shape index (κ3) is 5.02. The molecule has 1 amide bonds. The van der Waals surface area contributed by atoms with Crippen molar-refractivity contribution < 1.29 is 27.5 Å². The summed E-state index contributed by atoms with van der Waals surface area (Å²) < 4.78 is 34.6. The van der Waals surface area contributed by atoms with Gasteiger partial charge in [0.25, 0.3) is 5.91 Å². The third-order valence-corrected chi connectivity index (χ3v) is 5.84. The first kappa shape index (κ1) is 21.0. The number of hydrogen-bond donors (Lipinski definition) is 0. The van der Waals surface area contributed by atoms with Crippen molar-refractivity contribution in [2.24, 2.45) is 0 Å². The van der Waals surface area contributed by atoms with E-state index in [1.807, 2.05) is 0 Å². The number of morpholine rings is 1. The molecule has 0 aliphatic carbocycles. The Morgan fingerprint density at radius 3 is 2.34 bits per heavy atom. The van der Waals surface area contributed by atoms with Gasteiger partial charge in [0.1, 0.15) is 0 Å². The zero-order chi connectivity index (χ0) is 21.0. The lowest BCUT2D eigenvalue weighted by Gasteiger charge is -2.30. The van der Waals surface area contributed by atoms with E-state index in [4.69, 9.17) is 9.47 Å². The van der Waals surface area contributed by atoms with Gasteiger partial charge in [0.15, 0.2) is 9.84 Å². The molecule has 1 fully saturated rings. The predicted molar refractivity (Wildman–Crippen MR) is 106 cm³/mol. The number of ether oxygens (including phenoxy) is 2. The van der Waals surface area contributed by atoms with Crippen LogP contribution in [0.4, 0.5) is 0 Å². The number of aryl methyl sites for hydroxylation is 1. The van der Waals surface area contributed by atoms with Crippen molar-refractivity contribution in [3.8, 4) is 0 Å². The highest BCUT2D eigenvalue weighted by molar-refractivity contribution is 7.90. The minimum atomic E-state index is -3.49. The van der Waals surface area contributed by atoms with Crippen molar-refractivity contribution in [1.82, 2.24) is 4.90 Å². The first-order chi connectivity index (χ1) is 13.8. The molecule has 8 heteroatoms. The number of rotatable bonds is 5. The van der Waals surface area contributed by atoms with Gasteiger partial charge in [0.2, 0.25) is 6.10 Å². The van der Waals surface area contributed by atoms with Gasteiger partial charge in [-0.25, -0.2) is 13.2 Å². The van der Waals surface area contributed by atoms with Gasteiger partial charge >= 0.3 is 5.97 Å². The molecular weight excluding hydrogens is 394 g/mol. The van der Waals surface area contributed by atoms with E-state index < -0.39 is 21.9 Å². The van der Waals surface area contributed by atoms with Crippen LogP contribution in [0.15, 0.2) is 53.4 Å². The summed E-state index contributed by atoms with van der Waals surface area (Å²) in [6.45, 7) is 3.38. The molecule has 0 bridgehead atoms. The molecule has 0 N–H and O–H groups in total. The fourth-order valence-electron chi connectivity index (χ4n) is 3.06.